The molecule has 0 radical (unpaired) electrons. The summed E-state index contributed by atoms with van der Waals surface area (Å²) in [5.74, 6) is 5.03. The van der Waals surface area contributed by atoms with Crippen molar-refractivity contribution in [1.29, 1.82) is 0 Å². The van der Waals surface area contributed by atoms with Crippen LogP contribution in [-0.2, 0) is 10.8 Å². The average molecular weight is 1960 g/mol. The van der Waals surface area contributed by atoms with Gasteiger partial charge in [-0.15, -0.1) is 0 Å². The Hall–Kier alpha value is -10.5. The zero-order chi connectivity index (χ0) is 99.0. The van der Waals surface area contributed by atoms with Gasteiger partial charge in [-0.2, -0.15) is 0 Å². The Labute approximate surface area is 913 Å². The maximum atomic E-state index is 3.93. The number of nitrogens with zero attached hydrogens (tertiary/aromatic N) is 1. The van der Waals surface area contributed by atoms with Gasteiger partial charge in [0.05, 0.1) is 22.2 Å². The molecule has 2 aliphatic carbocycles. The Morgan fingerprint density at radius 1 is 0.231 bits per heavy atom. The minimum Gasteiger partial charge on any atom is -1.00 e. The SMILES string of the molecule is C.CC(C)c1cc(C(C)C)c(B2c3ccccc3B(c3c(C(C)C)cc(C(C)C)cc3C(C)C)c3cc(Br)ccc32)c(C(C)C)c1.CC(C)c1cc(C(C)C)c(B2c3ccccc3B(c3c(C(C)C)cc(C(C)C)cc3C(C)C)c3cc(N4c5ccccc5C5(c6ccccc6-c6ccccc65)c5ccccc54)ccc32)c(C(C)C)c1.[H-].[HH].[K+].c1ccc2c(c1)Nc1ccccc1C21c2ccccc2-c2ccccc21. The van der Waals surface area contributed by atoms with Crippen LogP contribution in [0.5, 0.6) is 0 Å². The maximum absolute atomic E-state index is 3.93. The molecule has 0 atom stereocenters. The van der Waals surface area contributed by atoms with Gasteiger partial charge in [-0.3, -0.25) is 0 Å². The van der Waals surface area contributed by atoms with Crippen molar-refractivity contribution in [2.24, 2.45) is 0 Å². The molecule has 0 fully saturated rings. The fourth-order valence-electron chi connectivity index (χ4n) is 25.9. The normalized spacial score (nSPS) is 13.8. The number of rotatable bonds is 17. The van der Waals surface area contributed by atoms with Gasteiger partial charge in [0.2, 0.25) is 26.9 Å². The van der Waals surface area contributed by atoms with Crippen LogP contribution >= 0.6 is 15.9 Å². The summed E-state index contributed by atoms with van der Waals surface area (Å²) in [5.41, 5.74) is 56.8. The molecule has 22 rings (SSSR count). The van der Waals surface area contributed by atoms with Gasteiger partial charge in [0, 0.05) is 23.0 Å². The number of benzene rings is 16. The smallest absolute Gasteiger partial charge is 1.00 e. The first-order valence-corrected chi connectivity index (χ1v) is 53.8. The summed E-state index contributed by atoms with van der Waals surface area (Å²) >= 11 is 3.93. The molecule has 4 heterocycles. The summed E-state index contributed by atoms with van der Waals surface area (Å²) in [6.45, 7) is 57.6. The Kier molecular flexibility index (Phi) is 29.4. The van der Waals surface area contributed by atoms with Crippen molar-refractivity contribution in [2.45, 2.75) is 255 Å². The molecule has 2 nitrogen and oxygen atoms in total. The number of nitrogens with one attached hydrogen (secondary N) is 1. The van der Waals surface area contributed by atoms with Crippen LogP contribution in [0.15, 0.2) is 332 Å². The van der Waals surface area contributed by atoms with E-state index in [-0.39, 0.29) is 93.9 Å². The predicted octanol–water partition coefficient (Wildman–Crippen LogP) is 26.6. The van der Waals surface area contributed by atoms with E-state index in [1.54, 1.807) is 0 Å². The van der Waals surface area contributed by atoms with E-state index < -0.39 is 5.41 Å². The van der Waals surface area contributed by atoms with Crippen molar-refractivity contribution in [3.8, 4) is 22.3 Å². The molecular formula is C135H146B4BrKN2. The van der Waals surface area contributed by atoms with Gasteiger partial charge in [-0.1, -0.05) is 540 Å². The number of hydrogen-bond acceptors (Lipinski definition) is 2. The monoisotopic (exact) mass is 1960 g/mol. The molecule has 0 bridgehead atoms. The van der Waals surface area contributed by atoms with E-state index in [9.17, 15) is 0 Å². The van der Waals surface area contributed by atoms with Crippen LogP contribution in [0.25, 0.3) is 22.3 Å². The molecule has 2 spiro atoms. The second-order valence-corrected chi connectivity index (χ2v) is 46.1. The molecule has 0 saturated carbocycles. The second kappa shape index (κ2) is 41.1. The molecule has 8 heteroatoms. The van der Waals surface area contributed by atoms with Gasteiger partial charge in [0.25, 0.3) is 0 Å². The molecular weight excluding hydrogens is 1810 g/mol. The molecule has 6 aliphatic rings. The number of hydrogen-bond donors (Lipinski definition) is 1. The van der Waals surface area contributed by atoms with Crippen LogP contribution in [0, 0.1) is 0 Å². The van der Waals surface area contributed by atoms with Gasteiger partial charge in [0.1, 0.15) is 0 Å². The minimum atomic E-state index is -0.462. The van der Waals surface area contributed by atoms with E-state index >= 15 is 0 Å². The first-order chi connectivity index (χ1) is 67.9. The quantitative estimate of drug-likeness (QED) is 0.0914. The van der Waals surface area contributed by atoms with E-state index in [0.717, 1.165) is 4.47 Å². The topological polar surface area (TPSA) is 15.3 Å². The molecule has 4 aliphatic heterocycles. The Morgan fingerprint density at radius 2 is 0.448 bits per heavy atom. The van der Waals surface area contributed by atoms with Crippen molar-refractivity contribution >= 4 is 137 Å². The molecule has 0 saturated heterocycles. The molecule has 0 unspecified atom stereocenters. The van der Waals surface area contributed by atoms with Gasteiger partial charge >= 0.3 is 51.4 Å². The van der Waals surface area contributed by atoms with Crippen LogP contribution in [0.3, 0.4) is 0 Å². The standard InChI is InChI=1S/C67H69B2N.C42H53B2Br.C25H17N.CH4.K.H2.H/c1-40(2)46-35-51(42(5)6)65(52(36-46)43(7)8)68-59-29-19-20-30-60(59)69(66-53(44(9)10)37-47(41(3)4)38-54(66)45(11)12)62-39-48(33-34-61(62)68)70-63-31-21-17-27-57(63)67(58-28-18-22-32-64(58)70)55-25-15-13-23-49(55)50-24-14-16-26-56(50)67;1-24(2)30-19-33(26(5)6)41(34(20-30)27(7)8)43-37-15-13-14-16-38(37)44(40-23-32(45)17-18-39(40)43)42-35(28(9)10)21-31(25(3)4)22-36(42)29(11)12;1-3-11-19-17(9-1)18-10-2-4-12-20(18)25(19)21-13-5-7-15-23(21)26-24-16-8-6-14-22(24)25;;;;/h13-45H,1-12H3;13-29H,1-12H3;1-16,26H;1H4;;1H;/q;;;;+1;;-1. The largest absolute Gasteiger partial charge is 1.00 e. The van der Waals surface area contributed by atoms with E-state index in [1.807, 2.05) is 0 Å². The Balaban J connectivity index is 0.000000171. The second-order valence-electron chi connectivity index (χ2n) is 45.2. The van der Waals surface area contributed by atoms with Gasteiger partial charge in [-0.25, -0.2) is 0 Å². The maximum Gasteiger partial charge on any atom is 1.00 e. The van der Waals surface area contributed by atoms with Crippen LogP contribution in [0.2, 0.25) is 0 Å². The molecule has 0 amide bonds. The van der Waals surface area contributed by atoms with Crippen molar-refractivity contribution in [3.63, 3.8) is 0 Å². The predicted molar refractivity (Wildman–Crippen MR) is 629 cm³/mol. The van der Waals surface area contributed by atoms with Crippen LogP contribution in [-0.4, -0.2) is 26.9 Å². The summed E-state index contributed by atoms with van der Waals surface area (Å²) < 4.78 is 1.16. The minimum absolute atomic E-state index is 0. The van der Waals surface area contributed by atoms with Crippen molar-refractivity contribution in [1.82, 2.24) is 0 Å². The first-order valence-electron chi connectivity index (χ1n) is 53.0. The van der Waals surface area contributed by atoms with E-state index in [2.05, 4.69) is 520 Å². The average Bonchev–Trinajstić information content (AvgIpc) is 1.53. The third-order valence-corrected chi connectivity index (χ3v) is 33.1. The number of para-hydroxylation sites is 4. The summed E-state index contributed by atoms with van der Waals surface area (Å²) in [5, 5.41) is 3.65. The molecule has 16 aromatic rings. The van der Waals surface area contributed by atoms with Crippen molar-refractivity contribution in [2.75, 3.05) is 10.2 Å². The summed E-state index contributed by atoms with van der Waals surface area (Å²) in [4.78, 5) is 2.61. The molecule has 716 valence electrons. The zero-order valence-corrected chi connectivity index (χ0v) is 93.4. The van der Waals surface area contributed by atoms with Gasteiger partial charge < -0.3 is 11.6 Å². The number of anilines is 5. The number of fused-ring (bicyclic) bond motifs is 22. The Bertz CT molecular complexity index is 7230. The number of halogens is 1. The molecule has 1 N–H and O–H groups in total. The summed E-state index contributed by atoms with van der Waals surface area (Å²) in [6.07, 6.45) is 0. The van der Waals surface area contributed by atoms with E-state index in [1.165, 1.54) is 228 Å². The summed E-state index contributed by atoms with van der Waals surface area (Å²) in [7, 11) is 0. The van der Waals surface area contributed by atoms with Crippen LogP contribution in [0.4, 0.5) is 28.4 Å². The first kappa shape index (κ1) is 103. The van der Waals surface area contributed by atoms with Gasteiger partial charge in [-0.05, 0) is 247 Å². The third kappa shape index (κ3) is 17.3. The fourth-order valence-corrected chi connectivity index (χ4v) is 26.3. The van der Waals surface area contributed by atoms with Crippen LogP contribution < -0.4 is 127 Å². The zero-order valence-electron chi connectivity index (χ0n) is 89.7. The molecule has 16 aromatic carbocycles. The van der Waals surface area contributed by atoms with Crippen molar-refractivity contribution < 1.29 is 54.2 Å². The fraction of sp³-hybridized carbons (Fsp3) is 0.289. The third-order valence-electron chi connectivity index (χ3n) is 32.7. The van der Waals surface area contributed by atoms with Crippen LogP contribution in [0.1, 0.15) is 359 Å². The molecule has 143 heavy (non-hydrogen) atoms. The Morgan fingerprint density at radius 3 is 0.727 bits per heavy atom. The summed E-state index contributed by atoms with van der Waals surface area (Å²) in [6, 6.07) is 126. The van der Waals surface area contributed by atoms with Crippen molar-refractivity contribution in [3.05, 3.63) is 443 Å². The van der Waals surface area contributed by atoms with E-state index in [4.69, 9.17) is 0 Å². The van der Waals surface area contributed by atoms with Gasteiger partial charge in [0.15, 0.2) is 0 Å². The van der Waals surface area contributed by atoms with E-state index in [0.29, 0.717) is 71.0 Å². The molecule has 0 aromatic heterocycles.